The number of aryl methyl sites for hydroxylation is 2. The van der Waals surface area contributed by atoms with Crippen molar-refractivity contribution < 1.29 is 0 Å². The molecule has 0 aliphatic heterocycles. The zero-order valence-corrected chi connectivity index (χ0v) is 16.0. The molecule has 0 atom stereocenters. The van der Waals surface area contributed by atoms with E-state index >= 15 is 0 Å². The molecule has 4 rings (SSSR count). The largest absolute Gasteiger partial charge is 0.350 e. The van der Waals surface area contributed by atoms with Crippen LogP contribution in [-0.4, -0.2) is 20.2 Å². The van der Waals surface area contributed by atoms with E-state index < -0.39 is 0 Å². The van der Waals surface area contributed by atoms with Crippen LogP contribution in [0.3, 0.4) is 0 Å². The number of aromatic amines is 1. The van der Waals surface area contributed by atoms with Gasteiger partial charge in [0.2, 0.25) is 5.95 Å². The minimum atomic E-state index is 0. The molecule has 6 nitrogen and oxygen atoms in total. The maximum atomic E-state index is 4.64. The summed E-state index contributed by atoms with van der Waals surface area (Å²) < 4.78 is 1.02. The SMILES string of the molecule is Cc1cccc(CNc2nc(Nc3cc(C)[nH]n3)c3sccc3n2)c1.Cl. The van der Waals surface area contributed by atoms with Gasteiger partial charge in [0, 0.05) is 18.3 Å². The zero-order valence-electron chi connectivity index (χ0n) is 14.4. The van der Waals surface area contributed by atoms with E-state index in [4.69, 9.17) is 0 Å². The van der Waals surface area contributed by atoms with Crippen molar-refractivity contribution in [2.24, 2.45) is 0 Å². The lowest BCUT2D eigenvalue weighted by Gasteiger charge is -2.09. The summed E-state index contributed by atoms with van der Waals surface area (Å²) in [4.78, 5) is 9.24. The molecule has 0 saturated carbocycles. The van der Waals surface area contributed by atoms with E-state index in [1.54, 1.807) is 11.3 Å². The third-order valence-electron chi connectivity index (χ3n) is 3.79. The molecule has 0 saturated heterocycles. The molecule has 134 valence electrons. The highest BCUT2D eigenvalue weighted by Gasteiger charge is 2.10. The van der Waals surface area contributed by atoms with Crippen LogP contribution < -0.4 is 10.6 Å². The molecule has 0 aliphatic carbocycles. The molecule has 0 spiro atoms. The number of anilines is 3. The molecule has 3 N–H and O–H groups in total. The van der Waals surface area contributed by atoms with Gasteiger partial charge < -0.3 is 10.6 Å². The summed E-state index contributed by atoms with van der Waals surface area (Å²) >= 11 is 1.61. The first kappa shape index (κ1) is 18.2. The molecule has 0 bridgehead atoms. The van der Waals surface area contributed by atoms with Crippen LogP contribution in [0.1, 0.15) is 16.8 Å². The molecular formula is C18H19ClN6S. The predicted octanol–water partition coefficient (Wildman–Crippen LogP) is 4.81. The van der Waals surface area contributed by atoms with E-state index in [9.17, 15) is 0 Å². The summed E-state index contributed by atoms with van der Waals surface area (Å²) in [6.45, 7) is 4.73. The third-order valence-corrected chi connectivity index (χ3v) is 4.70. The van der Waals surface area contributed by atoms with Gasteiger partial charge in [0.05, 0.1) is 10.2 Å². The van der Waals surface area contributed by atoms with E-state index in [1.807, 2.05) is 24.4 Å². The van der Waals surface area contributed by atoms with Crippen LogP contribution in [0.25, 0.3) is 10.2 Å². The average Bonchev–Trinajstić information content (AvgIpc) is 3.22. The van der Waals surface area contributed by atoms with Crippen LogP contribution in [0.4, 0.5) is 17.6 Å². The van der Waals surface area contributed by atoms with Crippen molar-refractivity contribution in [2.75, 3.05) is 10.6 Å². The average molecular weight is 387 g/mol. The van der Waals surface area contributed by atoms with Crippen LogP contribution in [0.15, 0.2) is 41.8 Å². The number of benzene rings is 1. The highest BCUT2D eigenvalue weighted by molar-refractivity contribution is 7.17. The number of hydrogen-bond acceptors (Lipinski definition) is 6. The first-order valence-corrected chi connectivity index (χ1v) is 8.89. The van der Waals surface area contributed by atoms with E-state index in [0.717, 1.165) is 27.5 Å². The fourth-order valence-corrected chi connectivity index (χ4v) is 3.41. The van der Waals surface area contributed by atoms with E-state index in [2.05, 4.69) is 62.0 Å². The molecule has 0 unspecified atom stereocenters. The third kappa shape index (κ3) is 3.95. The van der Waals surface area contributed by atoms with Crippen LogP contribution in [0, 0.1) is 13.8 Å². The van der Waals surface area contributed by atoms with Gasteiger partial charge in [-0.25, -0.2) is 4.98 Å². The number of fused-ring (bicyclic) bond motifs is 1. The second-order valence-corrected chi connectivity index (χ2v) is 6.85. The predicted molar refractivity (Wildman–Crippen MR) is 110 cm³/mol. The number of aromatic nitrogens is 4. The number of nitrogens with one attached hydrogen (secondary N) is 3. The first-order valence-electron chi connectivity index (χ1n) is 8.01. The smallest absolute Gasteiger partial charge is 0.225 e. The van der Waals surface area contributed by atoms with Crippen LogP contribution in [0.5, 0.6) is 0 Å². The normalized spacial score (nSPS) is 10.5. The number of H-pyrrole nitrogens is 1. The highest BCUT2D eigenvalue weighted by Crippen LogP contribution is 2.29. The van der Waals surface area contributed by atoms with Crippen LogP contribution in [0.2, 0.25) is 0 Å². The van der Waals surface area contributed by atoms with Gasteiger partial charge in [-0.05, 0) is 30.9 Å². The van der Waals surface area contributed by atoms with Gasteiger partial charge in [-0.2, -0.15) is 10.1 Å². The lowest BCUT2D eigenvalue weighted by Crippen LogP contribution is -2.05. The second-order valence-electron chi connectivity index (χ2n) is 5.93. The first-order chi connectivity index (χ1) is 12.2. The molecule has 0 amide bonds. The number of thiophene rings is 1. The van der Waals surface area contributed by atoms with Gasteiger partial charge in [0.15, 0.2) is 11.6 Å². The Morgan fingerprint density at radius 1 is 1.12 bits per heavy atom. The summed E-state index contributed by atoms with van der Waals surface area (Å²) in [5.41, 5.74) is 4.36. The fourth-order valence-electron chi connectivity index (χ4n) is 2.63. The molecule has 26 heavy (non-hydrogen) atoms. The molecular weight excluding hydrogens is 368 g/mol. The number of rotatable bonds is 5. The van der Waals surface area contributed by atoms with E-state index in [1.165, 1.54) is 11.1 Å². The summed E-state index contributed by atoms with van der Waals surface area (Å²) in [6, 6.07) is 12.3. The lowest BCUT2D eigenvalue weighted by atomic mass is 10.1. The molecule has 3 heterocycles. The number of hydrogen-bond donors (Lipinski definition) is 3. The minimum Gasteiger partial charge on any atom is -0.350 e. The Balaban J connectivity index is 0.00000196. The Morgan fingerprint density at radius 2 is 2.00 bits per heavy atom. The van der Waals surface area contributed by atoms with Crippen LogP contribution >= 0.6 is 23.7 Å². The Kier molecular flexibility index (Phi) is 5.39. The molecule has 8 heteroatoms. The van der Waals surface area contributed by atoms with Crippen molar-refractivity contribution in [1.82, 2.24) is 20.2 Å². The van der Waals surface area contributed by atoms with Gasteiger partial charge in [-0.3, -0.25) is 5.10 Å². The molecule has 0 fully saturated rings. The molecule has 0 radical (unpaired) electrons. The lowest BCUT2D eigenvalue weighted by molar-refractivity contribution is 1.04. The Labute approximate surface area is 161 Å². The minimum absolute atomic E-state index is 0. The van der Waals surface area contributed by atoms with E-state index in [-0.39, 0.29) is 12.4 Å². The summed E-state index contributed by atoms with van der Waals surface area (Å²) in [6.07, 6.45) is 0. The summed E-state index contributed by atoms with van der Waals surface area (Å²) in [5.74, 6) is 2.11. The molecule has 3 aromatic heterocycles. The van der Waals surface area contributed by atoms with Gasteiger partial charge >= 0.3 is 0 Å². The fraction of sp³-hybridized carbons (Fsp3) is 0.167. The van der Waals surface area contributed by atoms with Crippen molar-refractivity contribution >= 4 is 51.5 Å². The highest BCUT2D eigenvalue weighted by atomic mass is 35.5. The van der Waals surface area contributed by atoms with Crippen molar-refractivity contribution in [3.8, 4) is 0 Å². The summed E-state index contributed by atoms with van der Waals surface area (Å²) in [7, 11) is 0. The standard InChI is InChI=1S/C18H18N6S.ClH/c1-11-4-3-5-13(8-11)10-19-18-20-14-6-7-25-16(14)17(22-18)21-15-9-12(2)23-24-15;/h3-9H,10H2,1-2H3,(H3,19,20,21,22,23,24);1H. The Bertz CT molecular complexity index is 1030. The molecule has 0 aliphatic rings. The molecule has 1 aromatic carbocycles. The topological polar surface area (TPSA) is 78.5 Å². The monoisotopic (exact) mass is 386 g/mol. The quantitative estimate of drug-likeness (QED) is 0.458. The van der Waals surface area contributed by atoms with Gasteiger partial charge in [-0.1, -0.05) is 29.8 Å². The summed E-state index contributed by atoms with van der Waals surface area (Å²) in [5, 5.41) is 15.8. The maximum absolute atomic E-state index is 4.64. The van der Waals surface area contributed by atoms with Gasteiger partial charge in [0.25, 0.3) is 0 Å². The number of halogens is 1. The Hall–Kier alpha value is -2.64. The Morgan fingerprint density at radius 3 is 2.77 bits per heavy atom. The zero-order chi connectivity index (χ0) is 17.2. The van der Waals surface area contributed by atoms with Crippen molar-refractivity contribution in [2.45, 2.75) is 20.4 Å². The van der Waals surface area contributed by atoms with Crippen molar-refractivity contribution in [3.63, 3.8) is 0 Å². The van der Waals surface area contributed by atoms with Gasteiger partial charge in [0.1, 0.15) is 0 Å². The van der Waals surface area contributed by atoms with Gasteiger partial charge in [-0.15, -0.1) is 23.7 Å². The number of nitrogens with zero attached hydrogens (tertiary/aromatic N) is 3. The molecule has 4 aromatic rings. The van der Waals surface area contributed by atoms with Crippen LogP contribution in [-0.2, 0) is 6.54 Å². The van der Waals surface area contributed by atoms with Crippen molar-refractivity contribution in [1.29, 1.82) is 0 Å². The van der Waals surface area contributed by atoms with Crippen molar-refractivity contribution in [3.05, 3.63) is 58.6 Å². The van der Waals surface area contributed by atoms with E-state index in [0.29, 0.717) is 12.5 Å². The maximum Gasteiger partial charge on any atom is 0.225 e. The second kappa shape index (κ2) is 7.72.